The molecule has 2 atom stereocenters. The van der Waals surface area contributed by atoms with Gasteiger partial charge in [0.1, 0.15) is 11.6 Å². The number of halogens is 7. The Kier molecular flexibility index (Phi) is 6.19. The van der Waals surface area contributed by atoms with E-state index in [1.807, 2.05) is 6.92 Å². The maximum atomic E-state index is 14.6. The fourth-order valence-electron chi connectivity index (χ4n) is 3.21. The van der Waals surface area contributed by atoms with Crippen molar-refractivity contribution in [2.24, 2.45) is 0 Å². The molecule has 1 heterocycles. The van der Waals surface area contributed by atoms with Gasteiger partial charge in [0, 0.05) is 11.1 Å². The fraction of sp³-hybridized carbons (Fsp3) is 0.400. The van der Waals surface area contributed by atoms with Crippen LogP contribution in [0.2, 0.25) is 0 Å². The second kappa shape index (κ2) is 8.31. The van der Waals surface area contributed by atoms with Gasteiger partial charge in [0.05, 0.1) is 18.3 Å². The fourth-order valence-corrected chi connectivity index (χ4v) is 3.21. The number of ether oxygens (including phenoxy) is 2. The lowest BCUT2D eigenvalue weighted by Crippen LogP contribution is -2.27. The highest BCUT2D eigenvalue weighted by atomic mass is 19.3. The number of hydrogen-bond donors (Lipinski definition) is 0. The van der Waals surface area contributed by atoms with E-state index >= 15 is 0 Å². The predicted octanol–water partition coefficient (Wildman–Crippen LogP) is 6.13. The van der Waals surface area contributed by atoms with Crippen molar-refractivity contribution < 1.29 is 40.2 Å². The summed E-state index contributed by atoms with van der Waals surface area (Å²) >= 11 is 0. The first-order chi connectivity index (χ1) is 13.6. The molecule has 0 radical (unpaired) electrons. The van der Waals surface area contributed by atoms with E-state index in [2.05, 4.69) is 0 Å². The normalized spacial score (nSPS) is 20.1. The molecule has 0 spiro atoms. The van der Waals surface area contributed by atoms with E-state index in [0.717, 1.165) is 6.42 Å². The molecule has 0 aliphatic carbocycles. The number of rotatable bonds is 5. The highest BCUT2D eigenvalue weighted by molar-refractivity contribution is 5.38. The van der Waals surface area contributed by atoms with E-state index in [9.17, 15) is 30.7 Å². The first-order valence-electron chi connectivity index (χ1n) is 8.94. The Labute approximate surface area is 162 Å². The van der Waals surface area contributed by atoms with Gasteiger partial charge < -0.3 is 9.47 Å². The lowest BCUT2D eigenvalue weighted by Gasteiger charge is -2.31. The van der Waals surface area contributed by atoms with Crippen molar-refractivity contribution in [3.63, 3.8) is 0 Å². The molecule has 0 unspecified atom stereocenters. The van der Waals surface area contributed by atoms with Crippen molar-refractivity contribution in [2.45, 2.75) is 44.5 Å². The molecule has 158 valence electrons. The van der Waals surface area contributed by atoms with Crippen LogP contribution in [0.3, 0.4) is 0 Å². The molecule has 0 aromatic heterocycles. The van der Waals surface area contributed by atoms with Crippen molar-refractivity contribution >= 4 is 0 Å². The van der Waals surface area contributed by atoms with Crippen LogP contribution < -0.4 is 0 Å². The summed E-state index contributed by atoms with van der Waals surface area (Å²) in [6.07, 6.45) is 0.773. The quantitative estimate of drug-likeness (QED) is 0.427. The molecule has 3 rings (SSSR count). The summed E-state index contributed by atoms with van der Waals surface area (Å²) in [7, 11) is 0. The van der Waals surface area contributed by atoms with Crippen LogP contribution in [0.25, 0.3) is 0 Å². The van der Waals surface area contributed by atoms with Gasteiger partial charge in [-0.1, -0.05) is 13.3 Å². The zero-order chi connectivity index (χ0) is 21.3. The molecular formula is C20H17F7O2. The Morgan fingerprint density at radius 2 is 1.52 bits per heavy atom. The molecule has 0 bridgehead atoms. The third-order valence-corrected chi connectivity index (χ3v) is 4.63. The highest BCUT2D eigenvalue weighted by Gasteiger charge is 2.42. The predicted molar refractivity (Wildman–Crippen MR) is 88.8 cm³/mol. The van der Waals surface area contributed by atoms with Gasteiger partial charge in [-0.2, -0.15) is 8.78 Å². The van der Waals surface area contributed by atoms with Crippen molar-refractivity contribution in [2.75, 3.05) is 6.61 Å². The minimum absolute atomic E-state index is 0.00604. The summed E-state index contributed by atoms with van der Waals surface area (Å²) in [5, 5.41) is 0. The van der Waals surface area contributed by atoms with Gasteiger partial charge in [0.2, 0.25) is 0 Å². The van der Waals surface area contributed by atoms with Crippen molar-refractivity contribution in [3.05, 3.63) is 70.0 Å². The van der Waals surface area contributed by atoms with Gasteiger partial charge in [-0.15, -0.1) is 0 Å². The van der Waals surface area contributed by atoms with Crippen LogP contribution >= 0.6 is 0 Å². The van der Waals surface area contributed by atoms with Crippen LogP contribution in [-0.2, 0) is 15.4 Å². The third-order valence-electron chi connectivity index (χ3n) is 4.63. The van der Waals surface area contributed by atoms with Crippen molar-refractivity contribution in [1.82, 2.24) is 0 Å². The molecule has 1 fully saturated rings. The van der Waals surface area contributed by atoms with Gasteiger partial charge in [0.15, 0.2) is 23.7 Å². The number of hydrogen-bond acceptors (Lipinski definition) is 2. The van der Waals surface area contributed by atoms with Gasteiger partial charge in [0.25, 0.3) is 0 Å². The molecule has 9 heteroatoms. The molecule has 1 aliphatic rings. The van der Waals surface area contributed by atoms with Gasteiger partial charge in [-0.05, 0) is 37.1 Å². The maximum Gasteiger partial charge on any atom is 0.304 e. The number of alkyl halides is 2. The first-order valence-corrected chi connectivity index (χ1v) is 8.94. The lowest BCUT2D eigenvalue weighted by atomic mass is 9.97. The molecule has 2 aromatic rings. The molecule has 1 aliphatic heterocycles. The largest absolute Gasteiger partial charge is 0.348 e. The maximum absolute atomic E-state index is 14.6. The third kappa shape index (κ3) is 4.25. The smallest absolute Gasteiger partial charge is 0.304 e. The molecule has 29 heavy (non-hydrogen) atoms. The average molecular weight is 422 g/mol. The Bertz CT molecular complexity index is 852. The van der Waals surface area contributed by atoms with E-state index < -0.39 is 52.4 Å². The Balaban J connectivity index is 1.97. The summed E-state index contributed by atoms with van der Waals surface area (Å²) in [6.45, 7) is 2.20. The topological polar surface area (TPSA) is 18.5 Å². The minimum Gasteiger partial charge on any atom is -0.348 e. The summed E-state index contributed by atoms with van der Waals surface area (Å²) in [5.74, 6) is -13.5. The van der Waals surface area contributed by atoms with E-state index in [4.69, 9.17) is 9.47 Å². The van der Waals surface area contributed by atoms with E-state index in [1.165, 1.54) is 0 Å². The Hall–Kier alpha value is -2.13. The summed E-state index contributed by atoms with van der Waals surface area (Å²) in [4.78, 5) is 0. The lowest BCUT2D eigenvalue weighted by molar-refractivity contribution is -0.218. The molecule has 0 N–H and O–H groups in total. The SMILES string of the molecule is CCC[C@@H]1CCO[C@@H](c2cc(F)c(C(F)(F)c3cc(F)c(F)c(F)c3)c(F)c2)O1. The van der Waals surface area contributed by atoms with Crippen LogP contribution in [0.1, 0.15) is 49.2 Å². The standard InChI is InChI=1S/C20H17F7O2/c1-2-3-12-4-5-28-19(29-12)10-6-13(21)17(14(22)7-10)20(26,27)11-8-15(23)18(25)16(24)9-11/h6-9,12,19H,2-5H2,1H3/t12-,19-/m1/s1. The van der Waals surface area contributed by atoms with Crippen LogP contribution in [0.5, 0.6) is 0 Å². The second-order valence-corrected chi connectivity index (χ2v) is 6.73. The van der Waals surface area contributed by atoms with Crippen molar-refractivity contribution in [1.29, 1.82) is 0 Å². The summed E-state index contributed by atoms with van der Waals surface area (Å²) < 4.78 is 109. The molecule has 0 amide bonds. The molecule has 2 nitrogen and oxygen atoms in total. The average Bonchev–Trinajstić information content (AvgIpc) is 2.65. The van der Waals surface area contributed by atoms with Crippen LogP contribution in [-0.4, -0.2) is 12.7 Å². The summed E-state index contributed by atoms with van der Waals surface area (Å²) in [6, 6.07) is 1.24. The minimum atomic E-state index is -4.46. The molecular weight excluding hydrogens is 405 g/mol. The van der Waals surface area contributed by atoms with Gasteiger partial charge in [-0.3, -0.25) is 0 Å². The highest BCUT2D eigenvalue weighted by Crippen LogP contribution is 2.41. The first kappa shape index (κ1) is 21.6. The van der Waals surface area contributed by atoms with Crippen LogP contribution in [0.4, 0.5) is 30.7 Å². The Morgan fingerprint density at radius 3 is 2.07 bits per heavy atom. The Morgan fingerprint density at radius 1 is 0.931 bits per heavy atom. The van der Waals surface area contributed by atoms with E-state index in [-0.39, 0.29) is 30.4 Å². The van der Waals surface area contributed by atoms with Crippen LogP contribution in [0.15, 0.2) is 24.3 Å². The van der Waals surface area contributed by atoms with E-state index in [0.29, 0.717) is 25.0 Å². The molecule has 2 aromatic carbocycles. The second-order valence-electron chi connectivity index (χ2n) is 6.73. The molecule has 1 saturated heterocycles. The van der Waals surface area contributed by atoms with Gasteiger partial charge >= 0.3 is 5.92 Å². The molecule has 0 saturated carbocycles. The monoisotopic (exact) mass is 422 g/mol. The zero-order valence-corrected chi connectivity index (χ0v) is 15.3. The van der Waals surface area contributed by atoms with Crippen molar-refractivity contribution in [3.8, 4) is 0 Å². The van der Waals surface area contributed by atoms with E-state index in [1.54, 1.807) is 0 Å². The van der Waals surface area contributed by atoms with Crippen LogP contribution in [0, 0.1) is 29.1 Å². The summed E-state index contributed by atoms with van der Waals surface area (Å²) in [5.41, 5.74) is -3.28. The van der Waals surface area contributed by atoms with Gasteiger partial charge in [-0.25, -0.2) is 22.0 Å². The number of benzene rings is 2. The zero-order valence-electron chi connectivity index (χ0n) is 15.3.